The molecule has 4 N–H and O–H groups in total. The predicted molar refractivity (Wildman–Crippen MR) is 137 cm³/mol. The zero-order chi connectivity index (χ0) is 26.0. The van der Waals surface area contributed by atoms with E-state index in [2.05, 4.69) is 54.2 Å². The molecule has 1 atom stereocenters. The fourth-order valence-electron chi connectivity index (χ4n) is 3.80. The summed E-state index contributed by atoms with van der Waals surface area (Å²) in [4.78, 5) is 19.9. The molecule has 0 spiro atoms. The van der Waals surface area contributed by atoms with Gasteiger partial charge in [-0.25, -0.2) is 15.0 Å². The number of likely N-dealkylation sites (N-methyl/N-ethyl adjacent to an activating group) is 2. The molecule has 0 unspecified atom stereocenters. The van der Waals surface area contributed by atoms with Crippen molar-refractivity contribution in [2.75, 3.05) is 50.2 Å². The summed E-state index contributed by atoms with van der Waals surface area (Å²) in [5.41, 5.74) is 8.72. The van der Waals surface area contributed by atoms with Crippen LogP contribution < -0.4 is 16.0 Å². The number of hydrogen-bond donors (Lipinski definition) is 3. The maximum Gasteiger partial charge on any atom is 0.417 e. The number of fused-ring (bicyclic) bond motifs is 1. The molecule has 3 heterocycles. The number of hydrogen-bond acceptors (Lipinski definition) is 7. The Bertz CT molecular complexity index is 1330. The minimum atomic E-state index is -4.51. The van der Waals surface area contributed by atoms with Crippen LogP contribution >= 0.6 is 0 Å². The van der Waals surface area contributed by atoms with Crippen LogP contribution in [-0.4, -0.2) is 59.1 Å². The summed E-state index contributed by atoms with van der Waals surface area (Å²) >= 11 is 0. The molecule has 36 heavy (non-hydrogen) atoms. The summed E-state index contributed by atoms with van der Waals surface area (Å²) in [6, 6.07) is 9.14. The number of nitrogen functional groups attached to an aromatic ring is 1. The predicted octanol–water partition coefficient (Wildman–Crippen LogP) is 4.79. The van der Waals surface area contributed by atoms with Crippen LogP contribution in [0.15, 0.2) is 48.9 Å². The second-order valence-electron chi connectivity index (χ2n) is 9.00. The number of pyridine rings is 1. The monoisotopic (exact) mass is 498 g/mol. The topological polar surface area (TPSA) is 99.0 Å². The van der Waals surface area contributed by atoms with Crippen molar-refractivity contribution in [2.45, 2.75) is 19.1 Å². The molecule has 0 aliphatic heterocycles. The summed E-state index contributed by atoms with van der Waals surface area (Å²) in [6.45, 7) is 3.85. The number of nitrogens with zero attached hydrogens (tertiary/aromatic N) is 5. The molecule has 0 fully saturated rings. The Balaban J connectivity index is 1.55. The van der Waals surface area contributed by atoms with E-state index in [-0.39, 0.29) is 17.1 Å². The van der Waals surface area contributed by atoms with Gasteiger partial charge in [0.2, 0.25) is 5.95 Å². The van der Waals surface area contributed by atoms with Crippen molar-refractivity contribution >= 4 is 28.4 Å². The minimum Gasteiger partial charge on any atom is -0.396 e. The number of nitrogens with one attached hydrogen (secondary N) is 2. The Morgan fingerprint density at radius 2 is 1.78 bits per heavy atom. The number of nitrogens with two attached hydrogens (primary N) is 1. The highest BCUT2D eigenvalue weighted by Gasteiger charge is 2.31. The first-order valence-corrected chi connectivity index (χ1v) is 11.4. The molecule has 11 heteroatoms. The molecule has 0 bridgehead atoms. The van der Waals surface area contributed by atoms with Crippen LogP contribution in [0.4, 0.5) is 30.5 Å². The van der Waals surface area contributed by atoms with Crippen LogP contribution in [0.1, 0.15) is 24.1 Å². The smallest absolute Gasteiger partial charge is 0.396 e. The molecule has 0 saturated heterocycles. The molecule has 4 rings (SSSR count). The summed E-state index contributed by atoms with van der Waals surface area (Å²) in [5.74, 6) is 0.313. The van der Waals surface area contributed by atoms with E-state index >= 15 is 0 Å². The molecule has 190 valence electrons. The summed E-state index contributed by atoms with van der Waals surface area (Å²) in [7, 11) is 6.15. The zero-order valence-electron chi connectivity index (χ0n) is 20.6. The molecule has 3 aromatic heterocycles. The Hall–Kier alpha value is -3.86. The third-order valence-corrected chi connectivity index (χ3v) is 5.99. The van der Waals surface area contributed by atoms with Gasteiger partial charge in [-0.2, -0.15) is 13.2 Å². The largest absolute Gasteiger partial charge is 0.417 e. The van der Waals surface area contributed by atoms with Gasteiger partial charge < -0.3 is 25.8 Å². The lowest BCUT2D eigenvalue weighted by Crippen LogP contribution is -2.28. The van der Waals surface area contributed by atoms with Gasteiger partial charge in [0.05, 0.1) is 23.5 Å². The third kappa shape index (κ3) is 5.51. The molecule has 0 radical (unpaired) electrons. The number of anilines is 3. The highest BCUT2D eigenvalue weighted by Crippen LogP contribution is 2.35. The zero-order valence-corrected chi connectivity index (χ0v) is 20.6. The highest BCUT2D eigenvalue weighted by atomic mass is 19.4. The van der Waals surface area contributed by atoms with Crippen LogP contribution in [0, 0.1) is 0 Å². The first kappa shape index (κ1) is 25.2. The maximum atomic E-state index is 13.2. The lowest BCUT2D eigenvalue weighted by molar-refractivity contribution is -0.137. The van der Waals surface area contributed by atoms with Gasteiger partial charge in [-0.3, -0.25) is 0 Å². The molecule has 0 saturated carbocycles. The van der Waals surface area contributed by atoms with Gasteiger partial charge in [0.15, 0.2) is 0 Å². The summed E-state index contributed by atoms with van der Waals surface area (Å²) in [6.07, 6.45) is -0.715. The fraction of sp³-hybridized carbons (Fsp3) is 0.320. The van der Waals surface area contributed by atoms with E-state index in [0.717, 1.165) is 36.6 Å². The third-order valence-electron chi connectivity index (χ3n) is 5.99. The van der Waals surface area contributed by atoms with E-state index in [0.29, 0.717) is 22.9 Å². The first-order chi connectivity index (χ1) is 17.0. The van der Waals surface area contributed by atoms with Crippen LogP contribution in [0.2, 0.25) is 0 Å². The van der Waals surface area contributed by atoms with Gasteiger partial charge in [0.1, 0.15) is 11.3 Å². The molecule has 0 aliphatic rings. The van der Waals surface area contributed by atoms with Gasteiger partial charge in [-0.05, 0) is 44.8 Å². The Morgan fingerprint density at radius 3 is 2.44 bits per heavy atom. The van der Waals surface area contributed by atoms with E-state index in [9.17, 15) is 13.2 Å². The van der Waals surface area contributed by atoms with Gasteiger partial charge in [-0.15, -0.1) is 0 Å². The van der Waals surface area contributed by atoms with Crippen molar-refractivity contribution in [3.05, 3.63) is 60.0 Å². The van der Waals surface area contributed by atoms with Crippen molar-refractivity contribution in [2.24, 2.45) is 0 Å². The summed E-state index contributed by atoms with van der Waals surface area (Å²) < 4.78 is 39.7. The van der Waals surface area contributed by atoms with Gasteiger partial charge in [-0.1, -0.05) is 12.1 Å². The van der Waals surface area contributed by atoms with Gasteiger partial charge in [0.25, 0.3) is 0 Å². The van der Waals surface area contributed by atoms with E-state index in [4.69, 9.17) is 5.73 Å². The van der Waals surface area contributed by atoms with Crippen LogP contribution in [0.25, 0.3) is 22.3 Å². The molecular formula is C25H29F3N8. The number of aromatic nitrogens is 4. The van der Waals surface area contributed by atoms with E-state index in [1.54, 1.807) is 6.20 Å². The van der Waals surface area contributed by atoms with Crippen LogP contribution in [0.5, 0.6) is 0 Å². The number of rotatable bonds is 8. The van der Waals surface area contributed by atoms with Crippen molar-refractivity contribution in [1.82, 2.24) is 24.8 Å². The molecular weight excluding hydrogens is 469 g/mol. The second kappa shape index (κ2) is 10.0. The van der Waals surface area contributed by atoms with Crippen LogP contribution in [-0.2, 0) is 6.18 Å². The molecule has 1 aromatic carbocycles. The number of H-pyrrole nitrogens is 1. The lowest BCUT2D eigenvalue weighted by Gasteiger charge is -2.22. The number of halogens is 3. The standard InChI is InChI=1S/C25H29F3N8/c1-15(16-5-7-18(8-6-16)36(4)10-9-35(2)3)33-24-32-14-21(29)22(34-24)20-13-31-23-19(20)11-17(12-30-23)25(26,27)28/h5-8,11-15H,9-10,29H2,1-4H3,(H,30,31)(H,32,33,34)/t15-/m1/s1. The van der Waals surface area contributed by atoms with E-state index < -0.39 is 11.7 Å². The maximum absolute atomic E-state index is 13.2. The fourth-order valence-corrected chi connectivity index (χ4v) is 3.80. The molecule has 4 aromatic rings. The first-order valence-electron chi connectivity index (χ1n) is 11.4. The lowest BCUT2D eigenvalue weighted by atomic mass is 10.1. The molecule has 8 nitrogen and oxygen atoms in total. The van der Waals surface area contributed by atoms with E-state index in [1.807, 2.05) is 33.2 Å². The second-order valence-corrected chi connectivity index (χ2v) is 9.00. The van der Waals surface area contributed by atoms with Gasteiger partial charge >= 0.3 is 6.18 Å². The minimum absolute atomic E-state index is 0.121. The Morgan fingerprint density at radius 1 is 1.06 bits per heavy atom. The Labute approximate surface area is 207 Å². The van der Waals surface area contributed by atoms with Crippen molar-refractivity contribution in [3.8, 4) is 11.3 Å². The highest BCUT2D eigenvalue weighted by molar-refractivity contribution is 5.95. The van der Waals surface area contributed by atoms with Crippen LogP contribution in [0.3, 0.4) is 0 Å². The van der Waals surface area contributed by atoms with Crippen molar-refractivity contribution in [1.29, 1.82) is 0 Å². The van der Waals surface area contributed by atoms with Crippen molar-refractivity contribution in [3.63, 3.8) is 0 Å². The average Bonchev–Trinajstić information content (AvgIpc) is 3.26. The SMILES string of the molecule is C[C@@H](Nc1ncc(N)c(-c2c[nH]c3ncc(C(F)(F)F)cc23)n1)c1ccc(N(C)CCN(C)C)cc1. The number of alkyl halides is 3. The molecule has 0 aliphatic carbocycles. The average molecular weight is 499 g/mol. The van der Waals surface area contributed by atoms with Crippen molar-refractivity contribution < 1.29 is 13.2 Å². The van der Waals surface area contributed by atoms with Gasteiger partial charge in [0, 0.05) is 49.2 Å². The van der Waals surface area contributed by atoms with E-state index in [1.165, 1.54) is 6.20 Å². The number of aromatic amines is 1. The Kier molecular flexibility index (Phi) is 7.02. The summed E-state index contributed by atoms with van der Waals surface area (Å²) in [5, 5.41) is 3.54. The quantitative estimate of drug-likeness (QED) is 0.321. The number of benzene rings is 1. The molecule has 0 amide bonds. The normalized spacial score (nSPS) is 12.8.